The van der Waals surface area contributed by atoms with Crippen molar-refractivity contribution in [2.45, 2.75) is 26.7 Å². The third kappa shape index (κ3) is 3.92. The first kappa shape index (κ1) is 20.4. The van der Waals surface area contributed by atoms with E-state index in [4.69, 9.17) is 18.9 Å². The molecule has 2 aliphatic rings. The minimum Gasteiger partial charge on any atom is -0.490 e. The molecule has 0 N–H and O–H groups in total. The highest BCUT2D eigenvalue weighted by molar-refractivity contribution is 6.00. The minimum absolute atomic E-state index is 0.411. The van der Waals surface area contributed by atoms with Gasteiger partial charge in [-0.25, -0.2) is 0 Å². The van der Waals surface area contributed by atoms with Crippen molar-refractivity contribution < 1.29 is 18.9 Å². The van der Waals surface area contributed by atoms with Gasteiger partial charge < -0.3 is 18.9 Å². The van der Waals surface area contributed by atoms with Gasteiger partial charge in [-0.05, 0) is 44.9 Å². The number of benzene rings is 1. The summed E-state index contributed by atoms with van der Waals surface area (Å²) in [6.07, 6.45) is 13.8. The van der Waals surface area contributed by atoms with Crippen LogP contribution < -0.4 is 14.4 Å². The van der Waals surface area contributed by atoms with Crippen molar-refractivity contribution in [1.29, 1.82) is 5.26 Å². The molecule has 0 fully saturated rings. The molecule has 0 spiro atoms. The smallest absolute Gasteiger partial charge is 0.239 e. The third-order valence-electron chi connectivity index (χ3n) is 4.85. The lowest BCUT2D eigenvalue weighted by atomic mass is 10.0. The second kappa shape index (κ2) is 9.26. The van der Waals surface area contributed by atoms with E-state index in [1.54, 1.807) is 6.20 Å². The number of anilines is 1. The van der Waals surface area contributed by atoms with Crippen molar-refractivity contribution in [1.82, 2.24) is 4.98 Å². The van der Waals surface area contributed by atoms with Gasteiger partial charge in [0.05, 0.1) is 24.5 Å². The van der Waals surface area contributed by atoms with Gasteiger partial charge in [0, 0.05) is 17.3 Å². The molecule has 1 aliphatic heterocycles. The number of fused-ring (bicyclic) bond motifs is 1. The molecule has 1 aliphatic carbocycles. The highest BCUT2D eigenvalue weighted by atomic mass is 16.5. The molecule has 4 rings (SSSR count). The molecular weight excluding hydrogens is 394 g/mol. The molecule has 1 aromatic carbocycles. The van der Waals surface area contributed by atoms with Gasteiger partial charge in [0.1, 0.15) is 24.1 Å². The molecule has 1 aromatic heterocycles. The van der Waals surface area contributed by atoms with Crippen molar-refractivity contribution in [3.8, 4) is 17.6 Å². The van der Waals surface area contributed by atoms with Crippen molar-refractivity contribution >= 4 is 16.6 Å². The second-order valence-corrected chi connectivity index (χ2v) is 6.73. The van der Waals surface area contributed by atoms with Crippen LogP contribution >= 0.6 is 0 Å². The first-order chi connectivity index (χ1) is 15.3. The van der Waals surface area contributed by atoms with Gasteiger partial charge in [-0.1, -0.05) is 12.2 Å². The summed E-state index contributed by atoms with van der Waals surface area (Å²) >= 11 is 0. The number of nitrogens with zero attached hydrogens (tertiary/aromatic N) is 3. The maximum Gasteiger partial charge on any atom is 0.239 e. The molecule has 0 bridgehead atoms. The van der Waals surface area contributed by atoms with Crippen molar-refractivity contribution in [3.05, 3.63) is 72.5 Å². The quantitative estimate of drug-likeness (QED) is 0.608. The van der Waals surface area contributed by atoms with Gasteiger partial charge in [0.2, 0.25) is 5.88 Å². The number of nitriles is 1. The van der Waals surface area contributed by atoms with Crippen LogP contribution in [-0.4, -0.2) is 18.2 Å². The first-order valence-electron chi connectivity index (χ1n) is 10.2. The molecule has 0 amide bonds. The Morgan fingerprint density at radius 2 is 2.06 bits per heavy atom. The Labute approximate surface area is 181 Å². The maximum absolute atomic E-state index is 9.92. The SMILES string of the molecule is CCOc1ccc2c(N(C3=CC=CCC3)C3=COC=CO3)c(C#N)cnc2c1OCC. The summed E-state index contributed by atoms with van der Waals surface area (Å²) < 4.78 is 22.8. The fourth-order valence-electron chi connectivity index (χ4n) is 3.61. The van der Waals surface area contributed by atoms with E-state index in [-0.39, 0.29) is 0 Å². The van der Waals surface area contributed by atoms with Gasteiger partial charge in [-0.15, -0.1) is 0 Å². The predicted octanol–water partition coefficient (Wildman–Crippen LogP) is 5.26. The van der Waals surface area contributed by atoms with Crippen LogP contribution in [0.5, 0.6) is 11.5 Å². The van der Waals surface area contributed by atoms with Gasteiger partial charge >= 0.3 is 0 Å². The maximum atomic E-state index is 9.92. The molecule has 2 aromatic rings. The number of pyridine rings is 1. The van der Waals surface area contributed by atoms with Crippen molar-refractivity contribution in [2.75, 3.05) is 18.1 Å². The first-order valence-corrected chi connectivity index (χ1v) is 10.2. The van der Waals surface area contributed by atoms with E-state index in [0.29, 0.717) is 47.4 Å². The summed E-state index contributed by atoms with van der Waals surface area (Å²) in [6, 6.07) is 6.03. The lowest BCUT2D eigenvalue weighted by Crippen LogP contribution is -2.25. The Bertz CT molecular complexity index is 1140. The number of hydrogen-bond acceptors (Lipinski definition) is 7. The van der Waals surface area contributed by atoms with Crippen LogP contribution in [0.1, 0.15) is 32.3 Å². The summed E-state index contributed by atoms with van der Waals surface area (Å²) in [7, 11) is 0. The Morgan fingerprint density at radius 3 is 2.74 bits per heavy atom. The average molecular weight is 417 g/mol. The predicted molar refractivity (Wildman–Crippen MR) is 117 cm³/mol. The van der Waals surface area contributed by atoms with E-state index >= 15 is 0 Å². The van der Waals surface area contributed by atoms with Gasteiger partial charge in [0.25, 0.3) is 0 Å². The lowest BCUT2D eigenvalue weighted by Gasteiger charge is -2.31. The monoisotopic (exact) mass is 417 g/mol. The van der Waals surface area contributed by atoms with Crippen LogP contribution in [-0.2, 0) is 9.47 Å². The van der Waals surface area contributed by atoms with Crippen LogP contribution in [0.15, 0.2) is 66.9 Å². The van der Waals surface area contributed by atoms with E-state index in [2.05, 4.69) is 17.1 Å². The van der Waals surface area contributed by atoms with Gasteiger partial charge in [0.15, 0.2) is 17.8 Å². The summed E-state index contributed by atoms with van der Waals surface area (Å²) in [5, 5.41) is 10.7. The highest BCUT2D eigenvalue weighted by Gasteiger charge is 2.27. The van der Waals surface area contributed by atoms with Crippen LogP contribution in [0.4, 0.5) is 5.69 Å². The zero-order chi connectivity index (χ0) is 21.6. The van der Waals surface area contributed by atoms with E-state index in [1.807, 2.05) is 43.0 Å². The van der Waals surface area contributed by atoms with E-state index < -0.39 is 0 Å². The molecule has 31 heavy (non-hydrogen) atoms. The largest absolute Gasteiger partial charge is 0.490 e. The molecule has 7 heteroatoms. The average Bonchev–Trinajstić information content (AvgIpc) is 2.82. The van der Waals surface area contributed by atoms with E-state index in [9.17, 15) is 5.26 Å². The van der Waals surface area contributed by atoms with Crippen molar-refractivity contribution in [2.24, 2.45) is 0 Å². The minimum atomic E-state index is 0.411. The summed E-state index contributed by atoms with van der Waals surface area (Å²) in [5.74, 6) is 1.63. The zero-order valence-electron chi connectivity index (χ0n) is 17.5. The molecule has 0 radical (unpaired) electrons. The number of hydrogen-bond donors (Lipinski definition) is 0. The van der Waals surface area contributed by atoms with Crippen molar-refractivity contribution in [3.63, 3.8) is 0 Å². The van der Waals surface area contributed by atoms with Crippen LogP contribution in [0.25, 0.3) is 10.9 Å². The second-order valence-electron chi connectivity index (χ2n) is 6.73. The molecule has 0 saturated heterocycles. The fraction of sp³-hybridized carbons (Fsp3) is 0.250. The Hall–Kier alpha value is -3.92. The summed E-state index contributed by atoms with van der Waals surface area (Å²) in [5.41, 5.74) is 2.66. The molecule has 2 heterocycles. The molecule has 0 atom stereocenters. The molecule has 0 saturated carbocycles. The molecule has 0 unspecified atom stereocenters. The number of rotatable bonds is 7. The van der Waals surface area contributed by atoms with Crippen LogP contribution in [0.2, 0.25) is 0 Å². The number of ether oxygens (including phenoxy) is 4. The number of aromatic nitrogens is 1. The highest BCUT2D eigenvalue weighted by Crippen LogP contribution is 2.42. The van der Waals surface area contributed by atoms with Gasteiger partial charge in [-0.2, -0.15) is 5.26 Å². The van der Waals surface area contributed by atoms with E-state index in [0.717, 1.165) is 23.9 Å². The third-order valence-corrected chi connectivity index (χ3v) is 4.85. The van der Waals surface area contributed by atoms with E-state index in [1.165, 1.54) is 18.8 Å². The molecule has 158 valence electrons. The summed E-state index contributed by atoms with van der Waals surface area (Å²) in [6.45, 7) is 4.80. The fourth-order valence-corrected chi connectivity index (χ4v) is 3.61. The Morgan fingerprint density at radius 1 is 1.19 bits per heavy atom. The number of allylic oxidation sites excluding steroid dienone is 4. The lowest BCUT2D eigenvalue weighted by molar-refractivity contribution is 0.251. The normalized spacial score (nSPS) is 14.7. The molecular formula is C24H23N3O4. The van der Waals surface area contributed by atoms with Crippen LogP contribution in [0.3, 0.4) is 0 Å². The van der Waals surface area contributed by atoms with Crippen LogP contribution in [0, 0.1) is 11.3 Å². The Balaban J connectivity index is 1.99. The van der Waals surface area contributed by atoms with Gasteiger partial charge in [-0.3, -0.25) is 9.88 Å². The standard InChI is InChI=1S/C24H23N3O4/c1-3-29-20-11-10-19-22(24(20)30-4-2)26-15-17(14-25)23(19)27(18-8-6-5-7-9-18)21-16-28-12-13-31-21/h5-6,8,10-13,15-16H,3-4,7,9H2,1-2H3. The zero-order valence-corrected chi connectivity index (χ0v) is 17.5. The molecule has 7 nitrogen and oxygen atoms in total. The topological polar surface area (TPSA) is 76.8 Å². The Kier molecular flexibility index (Phi) is 6.08. The summed E-state index contributed by atoms with van der Waals surface area (Å²) in [4.78, 5) is 6.46.